The fourth-order valence-corrected chi connectivity index (χ4v) is 3.44. The van der Waals surface area contributed by atoms with Gasteiger partial charge in [0.1, 0.15) is 16.9 Å². The zero-order valence-corrected chi connectivity index (χ0v) is 16.6. The van der Waals surface area contributed by atoms with Gasteiger partial charge in [-0.25, -0.2) is 9.18 Å². The van der Waals surface area contributed by atoms with Crippen molar-refractivity contribution in [2.24, 2.45) is 0 Å². The molecule has 0 bridgehead atoms. The minimum absolute atomic E-state index is 0.142. The number of halogens is 1. The smallest absolute Gasteiger partial charge is 0.335 e. The van der Waals surface area contributed by atoms with Crippen LogP contribution >= 0.6 is 0 Å². The highest BCUT2D eigenvalue weighted by Gasteiger charge is 2.24. The number of rotatable bonds is 6. The number of hydrogen-bond acceptors (Lipinski definition) is 4. The number of hydrogen-bond donors (Lipinski definition) is 2. The lowest BCUT2D eigenvalue weighted by molar-refractivity contribution is 0.0674. The summed E-state index contributed by atoms with van der Waals surface area (Å²) in [5.41, 5.74) is 3.20. The Morgan fingerprint density at radius 1 is 1.00 bits per heavy atom. The lowest BCUT2D eigenvalue weighted by Gasteiger charge is -2.30. The molecule has 7 nitrogen and oxygen atoms in total. The zero-order chi connectivity index (χ0) is 22.0. The molecule has 0 spiro atoms. The molecule has 0 radical (unpaired) electrons. The Labute approximate surface area is 177 Å². The minimum Gasteiger partial charge on any atom is -0.478 e. The first kappa shape index (κ1) is 20.2. The van der Waals surface area contributed by atoms with E-state index in [1.807, 2.05) is 6.92 Å². The maximum atomic E-state index is 13.5. The maximum absolute atomic E-state index is 13.5. The van der Waals surface area contributed by atoms with Gasteiger partial charge in [-0.2, -0.15) is 15.4 Å². The van der Waals surface area contributed by atoms with Crippen LogP contribution in [0.15, 0.2) is 66.7 Å². The number of carboxylic acid groups (broad SMARTS) is 1. The second-order valence-electron chi connectivity index (χ2n) is 7.19. The van der Waals surface area contributed by atoms with Crippen molar-refractivity contribution in [3.8, 4) is 0 Å². The summed E-state index contributed by atoms with van der Waals surface area (Å²) in [7, 11) is 0. The highest BCUT2D eigenvalue weighted by molar-refractivity contribution is 5.97. The lowest BCUT2D eigenvalue weighted by Crippen LogP contribution is -2.33. The topological polar surface area (TPSA) is 99.2 Å². The van der Waals surface area contributed by atoms with Crippen LogP contribution in [0.25, 0.3) is 11.0 Å². The quantitative estimate of drug-likeness (QED) is 0.489. The fourth-order valence-electron chi connectivity index (χ4n) is 3.44. The maximum Gasteiger partial charge on any atom is 0.335 e. The van der Waals surface area contributed by atoms with E-state index in [0.29, 0.717) is 22.2 Å². The monoisotopic (exact) mass is 418 g/mol. The van der Waals surface area contributed by atoms with E-state index < -0.39 is 12.0 Å². The van der Waals surface area contributed by atoms with Gasteiger partial charge in [0.25, 0.3) is 5.91 Å². The molecule has 8 heteroatoms. The van der Waals surface area contributed by atoms with Crippen LogP contribution in [0, 0.1) is 5.82 Å². The number of aromatic amines is 1. The molecule has 2 N–H and O–H groups in total. The number of nitrogens with one attached hydrogen (secondary N) is 1. The van der Waals surface area contributed by atoms with Crippen LogP contribution in [0.2, 0.25) is 0 Å². The number of amides is 1. The second kappa shape index (κ2) is 8.35. The first-order valence-corrected chi connectivity index (χ1v) is 9.61. The molecule has 1 heterocycles. The summed E-state index contributed by atoms with van der Waals surface area (Å²) in [5, 5.41) is 19.9. The molecule has 1 aromatic heterocycles. The van der Waals surface area contributed by atoms with Crippen LogP contribution in [0.4, 0.5) is 4.39 Å². The molecule has 1 unspecified atom stereocenters. The fraction of sp³-hybridized carbons (Fsp3) is 0.130. The van der Waals surface area contributed by atoms with E-state index in [-0.39, 0.29) is 23.8 Å². The molecule has 0 saturated carbocycles. The van der Waals surface area contributed by atoms with E-state index in [1.165, 1.54) is 18.2 Å². The van der Waals surface area contributed by atoms with Gasteiger partial charge in [-0.15, -0.1) is 0 Å². The molecule has 4 rings (SSSR count). The number of aromatic carboxylic acids is 1. The molecule has 0 aliphatic heterocycles. The summed E-state index contributed by atoms with van der Waals surface area (Å²) >= 11 is 0. The second-order valence-corrected chi connectivity index (χ2v) is 7.19. The van der Waals surface area contributed by atoms with Gasteiger partial charge in [-0.3, -0.25) is 4.79 Å². The third kappa shape index (κ3) is 4.28. The summed E-state index contributed by atoms with van der Waals surface area (Å²) in [4.78, 5) is 26.5. The van der Waals surface area contributed by atoms with Crippen molar-refractivity contribution >= 4 is 22.9 Å². The van der Waals surface area contributed by atoms with Crippen LogP contribution in [-0.4, -0.2) is 37.3 Å². The summed E-state index contributed by atoms with van der Waals surface area (Å²) in [6, 6.07) is 17.1. The van der Waals surface area contributed by atoms with Crippen LogP contribution in [0.3, 0.4) is 0 Å². The average Bonchev–Trinajstić information content (AvgIpc) is 3.25. The summed E-state index contributed by atoms with van der Waals surface area (Å²) in [6.07, 6.45) is 0. The lowest BCUT2D eigenvalue weighted by atomic mass is 10.0. The van der Waals surface area contributed by atoms with Crippen molar-refractivity contribution in [2.45, 2.75) is 19.5 Å². The van der Waals surface area contributed by atoms with E-state index >= 15 is 0 Å². The predicted octanol–water partition coefficient (Wildman–Crippen LogP) is 4.20. The molecule has 1 amide bonds. The number of carbonyl (C=O) groups excluding carboxylic acids is 1. The first-order chi connectivity index (χ1) is 14.9. The summed E-state index contributed by atoms with van der Waals surface area (Å²) in [5.74, 6) is -1.66. The number of fused-ring (bicyclic) bond motifs is 1. The molecular weight excluding hydrogens is 399 g/mol. The highest BCUT2D eigenvalue weighted by atomic mass is 19.1. The number of carbonyl (C=O) groups is 2. The van der Waals surface area contributed by atoms with Gasteiger partial charge in [0.2, 0.25) is 0 Å². The van der Waals surface area contributed by atoms with Gasteiger partial charge < -0.3 is 10.0 Å². The number of aromatic nitrogens is 3. The Morgan fingerprint density at radius 3 is 2.48 bits per heavy atom. The van der Waals surface area contributed by atoms with Crippen LogP contribution in [0.5, 0.6) is 0 Å². The molecule has 0 fully saturated rings. The Kier molecular flexibility index (Phi) is 5.44. The first-order valence-electron chi connectivity index (χ1n) is 9.61. The molecular formula is C23H19FN4O3. The molecule has 31 heavy (non-hydrogen) atoms. The number of benzene rings is 3. The Hall–Kier alpha value is -4.07. The van der Waals surface area contributed by atoms with E-state index in [0.717, 1.165) is 5.56 Å². The molecule has 1 atom stereocenters. The average molecular weight is 418 g/mol. The summed E-state index contributed by atoms with van der Waals surface area (Å²) < 4.78 is 13.4. The van der Waals surface area contributed by atoms with Crippen LogP contribution < -0.4 is 0 Å². The zero-order valence-electron chi connectivity index (χ0n) is 16.6. The van der Waals surface area contributed by atoms with E-state index in [2.05, 4.69) is 15.4 Å². The number of H-pyrrole nitrogens is 1. The van der Waals surface area contributed by atoms with Gasteiger partial charge in [-0.05, 0) is 60.5 Å². The van der Waals surface area contributed by atoms with E-state index in [4.69, 9.17) is 0 Å². The van der Waals surface area contributed by atoms with Crippen LogP contribution in [0.1, 0.15) is 44.8 Å². The Bertz CT molecular complexity index is 1250. The number of carboxylic acids is 1. The van der Waals surface area contributed by atoms with Crippen molar-refractivity contribution in [3.05, 3.63) is 94.8 Å². The van der Waals surface area contributed by atoms with Gasteiger partial charge in [0.05, 0.1) is 11.6 Å². The SMILES string of the molecule is CC(c1ccc(F)cc1)N(Cc1cccc(C(=O)O)c1)C(=O)c1ccc2n[nH]nc2c1. The highest BCUT2D eigenvalue weighted by Crippen LogP contribution is 2.26. The normalized spacial score (nSPS) is 11.9. The van der Waals surface area contributed by atoms with Gasteiger partial charge in [0, 0.05) is 12.1 Å². The van der Waals surface area contributed by atoms with Crippen molar-refractivity contribution in [2.75, 3.05) is 0 Å². The Balaban J connectivity index is 1.72. The third-order valence-electron chi connectivity index (χ3n) is 5.17. The van der Waals surface area contributed by atoms with Gasteiger partial charge in [-0.1, -0.05) is 24.3 Å². The van der Waals surface area contributed by atoms with Crippen molar-refractivity contribution in [1.82, 2.24) is 20.3 Å². The largest absolute Gasteiger partial charge is 0.478 e. The van der Waals surface area contributed by atoms with Crippen molar-refractivity contribution < 1.29 is 19.1 Å². The van der Waals surface area contributed by atoms with Gasteiger partial charge >= 0.3 is 5.97 Å². The van der Waals surface area contributed by atoms with Gasteiger partial charge in [0.15, 0.2) is 0 Å². The molecule has 156 valence electrons. The van der Waals surface area contributed by atoms with E-state index in [1.54, 1.807) is 53.4 Å². The molecule has 0 saturated heterocycles. The molecule has 3 aromatic carbocycles. The van der Waals surface area contributed by atoms with Crippen molar-refractivity contribution in [3.63, 3.8) is 0 Å². The van der Waals surface area contributed by atoms with Crippen LogP contribution in [-0.2, 0) is 6.54 Å². The summed E-state index contributed by atoms with van der Waals surface area (Å²) in [6.45, 7) is 2.02. The minimum atomic E-state index is -1.04. The third-order valence-corrected chi connectivity index (χ3v) is 5.17. The molecule has 0 aliphatic carbocycles. The van der Waals surface area contributed by atoms with E-state index in [9.17, 15) is 19.1 Å². The Morgan fingerprint density at radius 2 is 1.74 bits per heavy atom. The predicted molar refractivity (Wildman–Crippen MR) is 112 cm³/mol. The molecule has 4 aromatic rings. The standard InChI is InChI=1S/C23H19FN4O3/c1-14(16-5-8-19(24)9-6-16)28(13-15-3-2-4-18(11-15)23(30)31)22(29)17-7-10-20-21(12-17)26-27-25-20/h2-12,14H,13H2,1H3,(H,30,31)(H,25,26,27). The number of nitrogens with zero attached hydrogens (tertiary/aromatic N) is 3. The van der Waals surface area contributed by atoms with Crippen molar-refractivity contribution in [1.29, 1.82) is 0 Å². The molecule has 0 aliphatic rings.